The van der Waals surface area contributed by atoms with E-state index in [9.17, 15) is 32.3 Å². The van der Waals surface area contributed by atoms with Crippen LogP contribution in [0.25, 0.3) is 0 Å². The molecule has 9 nitrogen and oxygen atoms in total. The van der Waals surface area contributed by atoms with Crippen molar-refractivity contribution in [2.24, 2.45) is 0 Å². The predicted octanol–water partition coefficient (Wildman–Crippen LogP) is 5.65. The van der Waals surface area contributed by atoms with Gasteiger partial charge < -0.3 is 24.2 Å². The number of halogens is 4. The molecule has 0 spiro atoms. The first kappa shape index (κ1) is 33.1. The average Bonchev–Trinajstić information content (AvgIpc) is 3.75. The highest BCUT2D eigenvalue weighted by atomic mass is 19.4. The first-order chi connectivity index (χ1) is 22.9. The van der Waals surface area contributed by atoms with Crippen molar-refractivity contribution in [2.75, 3.05) is 49.1 Å². The van der Waals surface area contributed by atoms with Crippen LogP contribution in [0, 0.1) is 19.7 Å². The summed E-state index contributed by atoms with van der Waals surface area (Å²) >= 11 is 0. The minimum atomic E-state index is -4.91. The number of benzene rings is 2. The zero-order valence-electron chi connectivity index (χ0n) is 26.5. The van der Waals surface area contributed by atoms with Crippen LogP contribution in [0.5, 0.6) is 0 Å². The summed E-state index contributed by atoms with van der Waals surface area (Å²) in [6, 6.07) is 14.7. The van der Waals surface area contributed by atoms with Gasteiger partial charge in [0.1, 0.15) is 11.6 Å². The quantitative estimate of drug-likeness (QED) is 0.191. The Morgan fingerprint density at radius 2 is 1.77 bits per heavy atom. The van der Waals surface area contributed by atoms with Crippen molar-refractivity contribution in [3.8, 4) is 0 Å². The number of aryl methyl sites for hydroxylation is 2. The fraction of sp³-hybridized carbons (Fsp3) is 0.371. The minimum absolute atomic E-state index is 0.122. The number of carbonyl (C=O) groups is 2. The summed E-state index contributed by atoms with van der Waals surface area (Å²) in [5, 5.41) is 10.8. The highest BCUT2D eigenvalue weighted by Crippen LogP contribution is 2.37. The molecule has 48 heavy (non-hydrogen) atoms. The van der Waals surface area contributed by atoms with Gasteiger partial charge in [0.2, 0.25) is 11.5 Å². The number of oxazole rings is 1. The standard InChI is InChI=1S/C35H35F4N5O4/c1-21-6-7-22(2)27(16-21)30(46)33(47)43-14-12-42(13-15-43)29-9-8-23(19-40-29)17-28(45)31-32(35(37,38)39)41-34(48-31)44-11-10-25(20-44)24-4-3-5-26(36)18-24/h3-9,16,18-19,25,30,46H,10-15,17,20H2,1-2H3. The Morgan fingerprint density at radius 3 is 2.46 bits per heavy atom. The zero-order valence-corrected chi connectivity index (χ0v) is 26.5. The third-order valence-corrected chi connectivity index (χ3v) is 8.97. The molecule has 4 aromatic rings. The fourth-order valence-corrected chi connectivity index (χ4v) is 6.28. The molecule has 0 saturated carbocycles. The van der Waals surface area contributed by atoms with Gasteiger partial charge in [-0.15, -0.1) is 0 Å². The zero-order chi connectivity index (χ0) is 34.2. The molecule has 0 radical (unpaired) electrons. The number of hydrogen-bond acceptors (Lipinski definition) is 8. The third-order valence-electron chi connectivity index (χ3n) is 8.97. The highest BCUT2D eigenvalue weighted by Gasteiger charge is 2.42. The lowest BCUT2D eigenvalue weighted by molar-refractivity contribution is -0.142. The number of ketones is 1. The second-order valence-electron chi connectivity index (χ2n) is 12.4. The summed E-state index contributed by atoms with van der Waals surface area (Å²) in [5.41, 5.74) is 2.12. The minimum Gasteiger partial charge on any atom is -0.420 e. The maximum Gasteiger partial charge on any atom is 0.437 e. The molecule has 4 heterocycles. The number of amides is 1. The van der Waals surface area contributed by atoms with Crippen LogP contribution in [-0.2, 0) is 17.4 Å². The van der Waals surface area contributed by atoms with Crippen LogP contribution in [0.15, 0.2) is 65.2 Å². The number of carbonyl (C=O) groups excluding carboxylic acids is 2. The fourth-order valence-electron chi connectivity index (χ4n) is 6.28. The van der Waals surface area contributed by atoms with Crippen molar-refractivity contribution in [2.45, 2.75) is 44.9 Å². The number of alkyl halides is 3. The van der Waals surface area contributed by atoms with E-state index in [4.69, 9.17) is 4.42 Å². The van der Waals surface area contributed by atoms with Crippen LogP contribution >= 0.6 is 0 Å². The number of aliphatic hydroxyl groups excluding tert-OH is 1. The van der Waals surface area contributed by atoms with Gasteiger partial charge in [-0.05, 0) is 60.7 Å². The van der Waals surface area contributed by atoms with E-state index in [0.717, 1.165) is 16.7 Å². The lowest BCUT2D eigenvalue weighted by atomic mass is 9.98. The Hall–Kier alpha value is -4.78. The van der Waals surface area contributed by atoms with Gasteiger partial charge in [-0.3, -0.25) is 9.59 Å². The maximum atomic E-state index is 13.9. The van der Waals surface area contributed by atoms with Gasteiger partial charge in [-0.25, -0.2) is 9.37 Å². The lowest BCUT2D eigenvalue weighted by Crippen LogP contribution is -2.50. The molecule has 2 atom stereocenters. The number of hydrogen-bond donors (Lipinski definition) is 1. The first-order valence-corrected chi connectivity index (χ1v) is 15.7. The predicted molar refractivity (Wildman–Crippen MR) is 169 cm³/mol. The van der Waals surface area contributed by atoms with E-state index >= 15 is 0 Å². The molecular formula is C35H35F4N5O4. The van der Waals surface area contributed by atoms with E-state index in [1.54, 1.807) is 29.2 Å². The molecule has 2 aromatic carbocycles. The number of anilines is 2. The van der Waals surface area contributed by atoms with Gasteiger partial charge in [0.25, 0.3) is 11.9 Å². The summed E-state index contributed by atoms with van der Waals surface area (Å²) in [6.45, 7) is 6.03. The molecule has 2 unspecified atom stereocenters. The Morgan fingerprint density at radius 1 is 1.00 bits per heavy atom. The number of Topliss-reactive ketones (excluding diaryl/α,β-unsaturated/α-hetero) is 1. The average molecular weight is 666 g/mol. The Labute approximate surface area is 274 Å². The van der Waals surface area contributed by atoms with Crippen molar-refractivity contribution >= 4 is 23.5 Å². The Bertz CT molecular complexity index is 1800. The molecule has 0 aliphatic carbocycles. The van der Waals surface area contributed by atoms with E-state index < -0.39 is 35.3 Å². The van der Waals surface area contributed by atoms with E-state index in [2.05, 4.69) is 9.97 Å². The van der Waals surface area contributed by atoms with E-state index in [0.29, 0.717) is 56.1 Å². The van der Waals surface area contributed by atoms with Crippen molar-refractivity contribution in [3.63, 3.8) is 0 Å². The Balaban J connectivity index is 1.08. The number of pyridine rings is 1. The lowest BCUT2D eigenvalue weighted by Gasteiger charge is -2.36. The van der Waals surface area contributed by atoms with Gasteiger partial charge in [0, 0.05) is 57.8 Å². The van der Waals surface area contributed by atoms with Gasteiger partial charge in [-0.1, -0.05) is 42.0 Å². The summed E-state index contributed by atoms with van der Waals surface area (Å²) < 4.78 is 61.0. The summed E-state index contributed by atoms with van der Waals surface area (Å²) in [5.74, 6) is -2.03. The molecule has 252 valence electrons. The van der Waals surface area contributed by atoms with Gasteiger partial charge in [0.15, 0.2) is 11.8 Å². The van der Waals surface area contributed by atoms with E-state index in [-0.39, 0.29) is 30.8 Å². The summed E-state index contributed by atoms with van der Waals surface area (Å²) in [6.07, 6.45) is -4.54. The van der Waals surface area contributed by atoms with Gasteiger partial charge >= 0.3 is 6.18 Å². The topological polar surface area (TPSA) is 103 Å². The van der Waals surface area contributed by atoms with Crippen LogP contribution in [0.3, 0.4) is 0 Å². The van der Waals surface area contributed by atoms with Gasteiger partial charge in [0.05, 0.1) is 0 Å². The third kappa shape index (κ3) is 7.05. The van der Waals surface area contributed by atoms with Crippen LogP contribution in [0.4, 0.5) is 29.4 Å². The number of aliphatic hydroxyl groups is 1. The maximum absolute atomic E-state index is 13.9. The smallest absolute Gasteiger partial charge is 0.420 e. The van der Waals surface area contributed by atoms with Crippen LogP contribution < -0.4 is 9.80 Å². The van der Waals surface area contributed by atoms with E-state index in [1.807, 2.05) is 36.9 Å². The van der Waals surface area contributed by atoms with Crippen LogP contribution in [-0.4, -0.2) is 70.9 Å². The number of piperazine rings is 1. The molecule has 2 fully saturated rings. The second-order valence-corrected chi connectivity index (χ2v) is 12.4. The van der Waals surface area contributed by atoms with E-state index in [1.165, 1.54) is 23.2 Å². The van der Waals surface area contributed by atoms with Crippen molar-refractivity contribution < 1.29 is 36.7 Å². The molecule has 1 amide bonds. The molecule has 2 aromatic heterocycles. The molecule has 1 N–H and O–H groups in total. The number of rotatable bonds is 8. The van der Waals surface area contributed by atoms with Crippen molar-refractivity contribution in [1.29, 1.82) is 0 Å². The monoisotopic (exact) mass is 665 g/mol. The second kappa shape index (κ2) is 13.4. The molecular weight excluding hydrogens is 630 g/mol. The van der Waals surface area contributed by atoms with Crippen molar-refractivity contribution in [1.82, 2.24) is 14.9 Å². The molecule has 13 heteroatoms. The Kier molecular flexibility index (Phi) is 9.24. The summed E-state index contributed by atoms with van der Waals surface area (Å²) in [7, 11) is 0. The first-order valence-electron chi connectivity index (χ1n) is 15.7. The SMILES string of the molecule is Cc1ccc(C)c(C(O)C(=O)N2CCN(c3ccc(CC(=O)c4oc(N5CCC(c6cccc(F)c6)C5)nc4C(F)(F)F)cn3)CC2)c1. The van der Waals surface area contributed by atoms with Crippen LogP contribution in [0.2, 0.25) is 0 Å². The molecule has 0 bridgehead atoms. The molecule has 2 aliphatic heterocycles. The normalized spacial score (nSPS) is 17.6. The number of aromatic nitrogens is 2. The van der Waals surface area contributed by atoms with Crippen molar-refractivity contribution in [3.05, 3.63) is 106 Å². The molecule has 2 saturated heterocycles. The number of nitrogens with zero attached hydrogens (tertiary/aromatic N) is 5. The summed E-state index contributed by atoms with van der Waals surface area (Å²) in [4.78, 5) is 39.4. The molecule has 2 aliphatic rings. The van der Waals surface area contributed by atoms with Crippen LogP contribution in [0.1, 0.15) is 62.5 Å². The largest absolute Gasteiger partial charge is 0.437 e. The highest BCUT2D eigenvalue weighted by molar-refractivity contribution is 5.96. The molecule has 6 rings (SSSR count). The van der Waals surface area contributed by atoms with Gasteiger partial charge in [-0.2, -0.15) is 18.2 Å².